The lowest BCUT2D eigenvalue weighted by Crippen LogP contribution is -2.35. The van der Waals surface area contributed by atoms with E-state index >= 15 is 0 Å². The average Bonchev–Trinajstić information content (AvgIpc) is 2.87. The molecule has 2 aromatic heterocycles. The van der Waals surface area contributed by atoms with E-state index in [1.165, 1.54) is 21.7 Å². The number of alkyl halides is 1. The summed E-state index contributed by atoms with van der Waals surface area (Å²) in [6, 6.07) is 0. The van der Waals surface area contributed by atoms with Crippen molar-refractivity contribution in [2.24, 2.45) is 0 Å². The van der Waals surface area contributed by atoms with E-state index in [2.05, 4.69) is 15.0 Å². The van der Waals surface area contributed by atoms with Crippen LogP contribution in [-0.2, 0) is 0 Å². The molecule has 0 bridgehead atoms. The number of thiazole rings is 1. The molecule has 134 valence electrons. The summed E-state index contributed by atoms with van der Waals surface area (Å²) in [7, 11) is 0. The zero-order chi connectivity index (χ0) is 18.1. The molecule has 0 aliphatic carbocycles. The van der Waals surface area contributed by atoms with Crippen molar-refractivity contribution in [3.63, 3.8) is 0 Å². The van der Waals surface area contributed by atoms with Crippen molar-refractivity contribution < 1.29 is 14.3 Å². The van der Waals surface area contributed by atoms with Crippen LogP contribution in [0, 0.1) is 0 Å². The van der Waals surface area contributed by atoms with Crippen LogP contribution in [0.25, 0.3) is 10.7 Å². The second-order valence-corrected chi connectivity index (χ2v) is 6.89. The molecule has 1 aliphatic rings. The van der Waals surface area contributed by atoms with Crippen molar-refractivity contribution in [3.05, 3.63) is 26.0 Å². The SMILES string of the molecule is O=C(O)N1CCN(c2nc(-c3scnc3Cl)[nH]c(=O)c2Cl)CC(F)C1. The number of halogens is 3. The first-order chi connectivity index (χ1) is 11.9. The van der Waals surface area contributed by atoms with Gasteiger partial charge in [-0.25, -0.2) is 19.2 Å². The third-order valence-corrected chi connectivity index (χ3v) is 5.20. The lowest BCUT2D eigenvalue weighted by atomic mass is 10.3. The number of rotatable bonds is 2. The van der Waals surface area contributed by atoms with Gasteiger partial charge in [0, 0.05) is 13.1 Å². The summed E-state index contributed by atoms with van der Waals surface area (Å²) < 4.78 is 14.1. The summed E-state index contributed by atoms with van der Waals surface area (Å²) in [5.74, 6) is 0.256. The molecule has 1 saturated heterocycles. The molecular formula is C13H12Cl2FN5O3S. The summed E-state index contributed by atoms with van der Waals surface area (Å²) in [6.07, 6.45) is -2.64. The highest BCUT2D eigenvalue weighted by atomic mass is 35.5. The molecule has 0 saturated carbocycles. The third kappa shape index (κ3) is 3.70. The number of nitrogens with zero attached hydrogens (tertiary/aromatic N) is 4. The Bertz CT molecular complexity index is 860. The van der Waals surface area contributed by atoms with Crippen LogP contribution >= 0.6 is 34.5 Å². The molecule has 1 atom stereocenters. The molecule has 1 amide bonds. The van der Waals surface area contributed by atoms with Gasteiger partial charge in [0.2, 0.25) is 0 Å². The molecule has 0 radical (unpaired) electrons. The molecule has 1 aliphatic heterocycles. The second-order valence-electron chi connectivity index (χ2n) is 5.30. The largest absolute Gasteiger partial charge is 0.465 e. The van der Waals surface area contributed by atoms with E-state index in [1.807, 2.05) is 0 Å². The maximum atomic E-state index is 14.1. The van der Waals surface area contributed by atoms with Crippen molar-refractivity contribution in [1.29, 1.82) is 0 Å². The standard InChI is InChI=1S/C13H12Cl2FN5O3S/c14-7-11(20-1-2-21(13(23)24)4-6(16)3-20)18-10(19-12(7)22)8-9(15)17-5-25-8/h5-6H,1-4H2,(H,23,24)(H,18,19,22). The van der Waals surface area contributed by atoms with Gasteiger partial charge in [0.05, 0.1) is 18.6 Å². The molecule has 1 unspecified atom stereocenters. The first kappa shape index (κ1) is 17.9. The smallest absolute Gasteiger partial charge is 0.407 e. The lowest BCUT2D eigenvalue weighted by molar-refractivity contribution is 0.136. The fraction of sp³-hybridized carbons (Fsp3) is 0.385. The fourth-order valence-electron chi connectivity index (χ4n) is 2.48. The van der Waals surface area contributed by atoms with E-state index in [9.17, 15) is 14.0 Å². The summed E-state index contributed by atoms with van der Waals surface area (Å²) in [4.78, 5) is 36.8. The average molecular weight is 408 g/mol. The summed E-state index contributed by atoms with van der Waals surface area (Å²) in [5.41, 5.74) is 0.904. The Hall–Kier alpha value is -1.91. The molecular weight excluding hydrogens is 396 g/mol. The number of hydrogen-bond acceptors (Lipinski definition) is 6. The fourth-order valence-corrected chi connectivity index (χ4v) is 3.64. The van der Waals surface area contributed by atoms with E-state index in [0.29, 0.717) is 4.88 Å². The van der Waals surface area contributed by atoms with Crippen molar-refractivity contribution in [2.75, 3.05) is 31.1 Å². The monoisotopic (exact) mass is 407 g/mol. The number of hydrogen-bond donors (Lipinski definition) is 2. The third-order valence-electron chi connectivity index (χ3n) is 3.63. The number of anilines is 1. The first-order valence-corrected chi connectivity index (χ1v) is 8.76. The lowest BCUT2D eigenvalue weighted by Gasteiger charge is -2.23. The topological polar surface area (TPSA) is 102 Å². The van der Waals surface area contributed by atoms with Crippen LogP contribution in [0.4, 0.5) is 15.0 Å². The van der Waals surface area contributed by atoms with Gasteiger partial charge in [-0.15, -0.1) is 11.3 Å². The molecule has 2 aromatic rings. The van der Waals surface area contributed by atoms with Crippen LogP contribution in [0.3, 0.4) is 0 Å². The van der Waals surface area contributed by atoms with Crippen LogP contribution in [-0.4, -0.2) is 63.4 Å². The van der Waals surface area contributed by atoms with Crippen molar-refractivity contribution >= 4 is 46.4 Å². The molecule has 12 heteroatoms. The first-order valence-electron chi connectivity index (χ1n) is 7.13. The van der Waals surface area contributed by atoms with Gasteiger partial charge in [-0.05, 0) is 0 Å². The maximum absolute atomic E-state index is 14.1. The Morgan fingerprint density at radius 3 is 2.80 bits per heavy atom. The van der Waals surface area contributed by atoms with Crippen LogP contribution in [0.15, 0.2) is 10.3 Å². The van der Waals surface area contributed by atoms with Crippen molar-refractivity contribution in [2.45, 2.75) is 6.17 Å². The van der Waals surface area contributed by atoms with Gasteiger partial charge in [-0.3, -0.25) is 4.79 Å². The Morgan fingerprint density at radius 1 is 1.40 bits per heavy atom. The minimum Gasteiger partial charge on any atom is -0.465 e. The highest BCUT2D eigenvalue weighted by Gasteiger charge is 2.28. The van der Waals surface area contributed by atoms with Gasteiger partial charge < -0.3 is 19.9 Å². The molecule has 3 rings (SSSR count). The Balaban J connectivity index is 1.99. The second kappa shape index (κ2) is 7.14. The van der Waals surface area contributed by atoms with Gasteiger partial charge in [0.1, 0.15) is 16.1 Å². The number of aromatic nitrogens is 3. The molecule has 25 heavy (non-hydrogen) atoms. The zero-order valence-corrected chi connectivity index (χ0v) is 14.9. The number of aromatic amines is 1. The minimum absolute atomic E-state index is 0.0667. The highest BCUT2D eigenvalue weighted by Crippen LogP contribution is 2.30. The van der Waals surface area contributed by atoms with Crippen LogP contribution in [0.2, 0.25) is 10.2 Å². The van der Waals surface area contributed by atoms with Gasteiger partial charge in [0.25, 0.3) is 5.56 Å². The predicted molar refractivity (Wildman–Crippen MR) is 92.7 cm³/mol. The number of nitrogens with one attached hydrogen (secondary N) is 1. The number of carbonyl (C=O) groups is 1. The normalized spacial score (nSPS) is 18.3. The van der Waals surface area contributed by atoms with Crippen LogP contribution < -0.4 is 10.5 Å². The number of carboxylic acid groups (broad SMARTS) is 1. The van der Waals surface area contributed by atoms with E-state index in [4.69, 9.17) is 28.3 Å². The predicted octanol–water partition coefficient (Wildman–Crippen LogP) is 2.34. The Morgan fingerprint density at radius 2 is 2.16 bits per heavy atom. The molecule has 0 spiro atoms. The highest BCUT2D eigenvalue weighted by molar-refractivity contribution is 7.13. The van der Waals surface area contributed by atoms with Gasteiger partial charge >= 0.3 is 6.09 Å². The van der Waals surface area contributed by atoms with Gasteiger partial charge in [0.15, 0.2) is 16.8 Å². The Kier molecular flexibility index (Phi) is 5.11. The van der Waals surface area contributed by atoms with E-state index in [-0.39, 0.29) is 48.0 Å². The summed E-state index contributed by atoms with van der Waals surface area (Å²) in [6.45, 7) is -0.161. The van der Waals surface area contributed by atoms with Crippen molar-refractivity contribution in [1.82, 2.24) is 19.9 Å². The van der Waals surface area contributed by atoms with Gasteiger partial charge in [-0.2, -0.15) is 0 Å². The zero-order valence-electron chi connectivity index (χ0n) is 12.6. The maximum Gasteiger partial charge on any atom is 0.407 e. The van der Waals surface area contributed by atoms with Crippen molar-refractivity contribution in [3.8, 4) is 10.7 Å². The van der Waals surface area contributed by atoms with Crippen LogP contribution in [0.5, 0.6) is 0 Å². The number of H-pyrrole nitrogens is 1. The quantitative estimate of drug-likeness (QED) is 0.791. The minimum atomic E-state index is -1.44. The Labute approximate surface area is 154 Å². The summed E-state index contributed by atoms with van der Waals surface area (Å²) in [5, 5.41) is 9.04. The van der Waals surface area contributed by atoms with Crippen LogP contribution in [0.1, 0.15) is 0 Å². The molecule has 8 nitrogen and oxygen atoms in total. The van der Waals surface area contributed by atoms with Gasteiger partial charge in [-0.1, -0.05) is 23.2 Å². The molecule has 3 heterocycles. The van der Waals surface area contributed by atoms with E-state index in [1.54, 1.807) is 0 Å². The molecule has 1 fully saturated rings. The molecule has 2 N–H and O–H groups in total. The van der Waals surface area contributed by atoms with E-state index in [0.717, 1.165) is 4.90 Å². The molecule has 0 aromatic carbocycles. The summed E-state index contributed by atoms with van der Waals surface area (Å²) >= 11 is 13.2. The number of amides is 1. The van der Waals surface area contributed by atoms with E-state index < -0.39 is 17.8 Å².